The standard InChI is InChI=1S/C9H12O6/c1-5(9(13)15-7(3)11)4-8(12)14-6(2)10/h5H,4H2,1-3H3. The fourth-order valence-electron chi connectivity index (χ4n) is 0.778. The van der Waals surface area contributed by atoms with E-state index in [2.05, 4.69) is 9.47 Å². The Morgan fingerprint density at radius 2 is 1.47 bits per heavy atom. The largest absolute Gasteiger partial charge is 0.393 e. The molecule has 1 unspecified atom stereocenters. The molecule has 0 N–H and O–H groups in total. The summed E-state index contributed by atoms with van der Waals surface area (Å²) in [5.41, 5.74) is 0. The summed E-state index contributed by atoms with van der Waals surface area (Å²) < 4.78 is 8.45. The monoisotopic (exact) mass is 216 g/mol. The summed E-state index contributed by atoms with van der Waals surface area (Å²) in [7, 11) is 0. The van der Waals surface area contributed by atoms with Crippen LogP contribution < -0.4 is 0 Å². The van der Waals surface area contributed by atoms with E-state index < -0.39 is 29.8 Å². The van der Waals surface area contributed by atoms with Crippen LogP contribution in [0.25, 0.3) is 0 Å². The summed E-state index contributed by atoms with van der Waals surface area (Å²) in [5, 5.41) is 0. The van der Waals surface area contributed by atoms with Gasteiger partial charge in [0.15, 0.2) is 0 Å². The lowest BCUT2D eigenvalue weighted by Gasteiger charge is -2.07. The van der Waals surface area contributed by atoms with E-state index in [9.17, 15) is 19.2 Å². The summed E-state index contributed by atoms with van der Waals surface area (Å²) in [6.07, 6.45) is -0.300. The number of carbonyl (C=O) groups excluding carboxylic acids is 4. The highest BCUT2D eigenvalue weighted by Crippen LogP contribution is 2.06. The van der Waals surface area contributed by atoms with Crippen LogP contribution in [0.3, 0.4) is 0 Å². The molecule has 0 aromatic rings. The molecule has 0 amide bonds. The second kappa shape index (κ2) is 5.90. The highest BCUT2D eigenvalue weighted by atomic mass is 16.6. The van der Waals surface area contributed by atoms with Crippen molar-refractivity contribution in [3.63, 3.8) is 0 Å². The van der Waals surface area contributed by atoms with Gasteiger partial charge >= 0.3 is 23.9 Å². The van der Waals surface area contributed by atoms with Crippen LogP contribution in [0.15, 0.2) is 0 Å². The predicted octanol–water partition coefficient (Wildman–Crippen LogP) is 0.192. The molecule has 0 aliphatic heterocycles. The SMILES string of the molecule is CC(=O)OC(=O)CC(C)C(=O)OC(C)=O. The first-order chi connectivity index (χ1) is 6.82. The second-order valence-electron chi connectivity index (χ2n) is 2.98. The van der Waals surface area contributed by atoms with Crippen molar-refractivity contribution in [2.75, 3.05) is 0 Å². The third kappa shape index (κ3) is 6.36. The topological polar surface area (TPSA) is 86.7 Å². The van der Waals surface area contributed by atoms with Gasteiger partial charge in [-0.3, -0.25) is 19.2 Å². The Kier molecular flexibility index (Phi) is 5.22. The molecule has 0 saturated heterocycles. The van der Waals surface area contributed by atoms with E-state index in [1.165, 1.54) is 6.92 Å². The molecule has 0 aliphatic carbocycles. The van der Waals surface area contributed by atoms with Crippen LogP contribution in [0.2, 0.25) is 0 Å². The van der Waals surface area contributed by atoms with Gasteiger partial charge in [0.2, 0.25) is 0 Å². The summed E-state index contributed by atoms with van der Waals surface area (Å²) >= 11 is 0. The lowest BCUT2D eigenvalue weighted by atomic mass is 10.1. The molecule has 6 nitrogen and oxygen atoms in total. The average molecular weight is 216 g/mol. The predicted molar refractivity (Wildman–Crippen MR) is 47.3 cm³/mol. The molecular formula is C9H12O6. The molecule has 6 heteroatoms. The second-order valence-corrected chi connectivity index (χ2v) is 2.98. The molecule has 0 rings (SSSR count). The first-order valence-corrected chi connectivity index (χ1v) is 4.26. The first kappa shape index (κ1) is 13.3. The molecule has 0 bridgehead atoms. The smallest absolute Gasteiger partial charge is 0.316 e. The minimum Gasteiger partial charge on any atom is -0.393 e. The molecule has 0 fully saturated rings. The van der Waals surface area contributed by atoms with Gasteiger partial charge in [-0.05, 0) is 0 Å². The van der Waals surface area contributed by atoms with E-state index in [0.29, 0.717) is 0 Å². The van der Waals surface area contributed by atoms with Crippen molar-refractivity contribution >= 4 is 23.9 Å². The van der Waals surface area contributed by atoms with Gasteiger partial charge in [-0.15, -0.1) is 0 Å². The normalized spacial score (nSPS) is 11.4. The van der Waals surface area contributed by atoms with E-state index >= 15 is 0 Å². The van der Waals surface area contributed by atoms with Crippen molar-refractivity contribution in [2.24, 2.45) is 5.92 Å². The molecule has 0 radical (unpaired) electrons. The van der Waals surface area contributed by atoms with Crippen molar-refractivity contribution in [2.45, 2.75) is 27.2 Å². The van der Waals surface area contributed by atoms with E-state index in [1.54, 1.807) is 0 Å². The zero-order valence-electron chi connectivity index (χ0n) is 8.73. The summed E-state index contributed by atoms with van der Waals surface area (Å²) in [6.45, 7) is 3.56. The van der Waals surface area contributed by atoms with Gasteiger partial charge in [0.25, 0.3) is 0 Å². The van der Waals surface area contributed by atoms with Crippen molar-refractivity contribution in [3.05, 3.63) is 0 Å². The Bertz CT molecular complexity index is 293. The summed E-state index contributed by atoms with van der Waals surface area (Å²) in [4.78, 5) is 42.7. The number of ether oxygens (including phenoxy) is 2. The Morgan fingerprint density at radius 3 is 1.87 bits per heavy atom. The van der Waals surface area contributed by atoms with Crippen LogP contribution in [0.4, 0.5) is 0 Å². The maximum absolute atomic E-state index is 11.0. The maximum Gasteiger partial charge on any atom is 0.316 e. The zero-order valence-corrected chi connectivity index (χ0v) is 8.73. The average Bonchev–Trinajstić information content (AvgIpc) is 2.00. The van der Waals surface area contributed by atoms with Crippen molar-refractivity contribution in [1.29, 1.82) is 0 Å². The molecule has 0 aromatic heterocycles. The van der Waals surface area contributed by atoms with Gasteiger partial charge in [0.05, 0.1) is 12.3 Å². The Balaban J connectivity index is 4.07. The third-order valence-electron chi connectivity index (χ3n) is 1.38. The van der Waals surface area contributed by atoms with Crippen molar-refractivity contribution in [3.8, 4) is 0 Å². The fraction of sp³-hybridized carbons (Fsp3) is 0.556. The number of rotatable bonds is 3. The molecule has 0 saturated carbocycles. The van der Waals surface area contributed by atoms with E-state index in [0.717, 1.165) is 13.8 Å². The van der Waals surface area contributed by atoms with E-state index in [4.69, 9.17) is 0 Å². The van der Waals surface area contributed by atoms with Crippen LogP contribution in [0.1, 0.15) is 27.2 Å². The Labute approximate surface area is 86.5 Å². The minimum atomic E-state index is -0.824. The summed E-state index contributed by atoms with van der Waals surface area (Å²) in [6, 6.07) is 0. The van der Waals surface area contributed by atoms with Gasteiger partial charge in [0, 0.05) is 13.8 Å². The Morgan fingerprint density at radius 1 is 1.00 bits per heavy atom. The van der Waals surface area contributed by atoms with Gasteiger partial charge < -0.3 is 9.47 Å². The number of hydrogen-bond acceptors (Lipinski definition) is 6. The van der Waals surface area contributed by atoms with Crippen LogP contribution >= 0.6 is 0 Å². The van der Waals surface area contributed by atoms with Crippen LogP contribution in [-0.4, -0.2) is 23.9 Å². The quantitative estimate of drug-likeness (QED) is 0.494. The minimum absolute atomic E-state index is 0.300. The van der Waals surface area contributed by atoms with Gasteiger partial charge in [-0.2, -0.15) is 0 Å². The fourth-order valence-corrected chi connectivity index (χ4v) is 0.778. The maximum atomic E-state index is 11.0. The molecule has 0 aromatic carbocycles. The van der Waals surface area contributed by atoms with Crippen molar-refractivity contribution in [1.82, 2.24) is 0 Å². The molecular weight excluding hydrogens is 204 g/mol. The highest BCUT2D eigenvalue weighted by Gasteiger charge is 2.21. The number of esters is 4. The van der Waals surface area contributed by atoms with Gasteiger partial charge in [-0.25, -0.2) is 0 Å². The molecule has 15 heavy (non-hydrogen) atoms. The number of hydrogen-bond donors (Lipinski definition) is 0. The van der Waals surface area contributed by atoms with E-state index in [-0.39, 0.29) is 6.42 Å². The van der Waals surface area contributed by atoms with Crippen LogP contribution in [0, 0.1) is 5.92 Å². The highest BCUT2D eigenvalue weighted by molar-refractivity contribution is 5.90. The Hall–Kier alpha value is -1.72. The van der Waals surface area contributed by atoms with E-state index in [1.807, 2.05) is 0 Å². The lowest BCUT2D eigenvalue weighted by molar-refractivity contribution is -0.166. The van der Waals surface area contributed by atoms with Crippen molar-refractivity contribution < 1.29 is 28.7 Å². The lowest BCUT2D eigenvalue weighted by Crippen LogP contribution is -2.22. The van der Waals surface area contributed by atoms with Gasteiger partial charge in [0.1, 0.15) is 0 Å². The number of carbonyl (C=O) groups is 4. The molecule has 0 aliphatic rings. The van der Waals surface area contributed by atoms with Crippen LogP contribution in [-0.2, 0) is 28.7 Å². The third-order valence-corrected chi connectivity index (χ3v) is 1.38. The van der Waals surface area contributed by atoms with Crippen LogP contribution in [0.5, 0.6) is 0 Å². The molecule has 1 atom stereocenters. The molecule has 84 valence electrons. The first-order valence-electron chi connectivity index (χ1n) is 4.26. The molecule has 0 heterocycles. The zero-order chi connectivity index (χ0) is 12.0. The summed E-state index contributed by atoms with van der Waals surface area (Å²) in [5.74, 6) is -3.95. The van der Waals surface area contributed by atoms with Gasteiger partial charge in [-0.1, -0.05) is 6.92 Å². The molecule has 0 spiro atoms.